The van der Waals surface area contributed by atoms with Gasteiger partial charge in [0.1, 0.15) is 11.5 Å². The topological polar surface area (TPSA) is 72.3 Å². The van der Waals surface area contributed by atoms with Crippen molar-refractivity contribution in [2.45, 2.75) is 6.92 Å². The number of hydrogen-bond acceptors (Lipinski definition) is 5. The number of carbonyl (C=O) groups excluding carboxylic acids is 2. The molecule has 2 aromatic rings. The quantitative estimate of drug-likeness (QED) is 0.687. The van der Waals surface area contributed by atoms with E-state index in [9.17, 15) is 9.59 Å². The number of anilines is 2. The minimum absolute atomic E-state index is 0.0391. The zero-order valence-electron chi connectivity index (χ0n) is 17.2. The molecule has 2 aromatic carbocycles. The predicted octanol–water partition coefficient (Wildman–Crippen LogP) is 1.25. The van der Waals surface area contributed by atoms with Crippen LogP contribution in [-0.4, -0.2) is 58.6 Å². The summed E-state index contributed by atoms with van der Waals surface area (Å²) in [5.74, 6) is 1.29. The lowest BCUT2D eigenvalue weighted by molar-refractivity contribution is -0.892. The summed E-state index contributed by atoms with van der Waals surface area (Å²) in [6.07, 6.45) is 0. The van der Waals surface area contributed by atoms with E-state index in [-0.39, 0.29) is 11.7 Å². The maximum absolute atomic E-state index is 12.5. The largest absolute Gasteiger partial charge is 0.497 e. The number of methoxy groups -OCH3 is 2. The van der Waals surface area contributed by atoms with Crippen LogP contribution in [0.2, 0.25) is 0 Å². The van der Waals surface area contributed by atoms with Crippen molar-refractivity contribution >= 4 is 23.1 Å². The highest BCUT2D eigenvalue weighted by Gasteiger charge is 2.23. The number of amides is 1. The highest BCUT2D eigenvalue weighted by molar-refractivity contribution is 5.94. The van der Waals surface area contributed by atoms with Crippen LogP contribution in [0, 0.1) is 0 Å². The van der Waals surface area contributed by atoms with E-state index in [1.165, 1.54) is 4.90 Å². The molecular weight excluding hydrogens is 370 g/mol. The van der Waals surface area contributed by atoms with Gasteiger partial charge in [0.15, 0.2) is 12.3 Å². The van der Waals surface area contributed by atoms with E-state index in [4.69, 9.17) is 9.47 Å². The van der Waals surface area contributed by atoms with Gasteiger partial charge in [0, 0.05) is 17.3 Å². The highest BCUT2D eigenvalue weighted by atomic mass is 16.5. The van der Waals surface area contributed by atoms with Gasteiger partial charge in [-0.25, -0.2) is 0 Å². The number of benzene rings is 2. The Bertz CT molecular complexity index is 859. The van der Waals surface area contributed by atoms with E-state index in [1.54, 1.807) is 39.3 Å². The Morgan fingerprint density at radius 3 is 2.31 bits per heavy atom. The van der Waals surface area contributed by atoms with Crippen LogP contribution in [0.15, 0.2) is 42.5 Å². The average molecular weight is 398 g/mol. The molecule has 0 atom stereocenters. The predicted molar refractivity (Wildman–Crippen MR) is 112 cm³/mol. The monoisotopic (exact) mass is 398 g/mol. The van der Waals surface area contributed by atoms with Gasteiger partial charge in [-0.05, 0) is 43.3 Å². The molecular formula is C22H28N3O4+. The molecule has 7 nitrogen and oxygen atoms in total. The molecule has 1 fully saturated rings. The van der Waals surface area contributed by atoms with Gasteiger partial charge >= 0.3 is 0 Å². The van der Waals surface area contributed by atoms with Gasteiger partial charge in [0.2, 0.25) is 0 Å². The summed E-state index contributed by atoms with van der Waals surface area (Å²) in [6.45, 7) is 5.47. The molecule has 0 radical (unpaired) electrons. The van der Waals surface area contributed by atoms with Crippen LogP contribution in [0.1, 0.15) is 17.3 Å². The van der Waals surface area contributed by atoms with Crippen LogP contribution in [0.4, 0.5) is 11.4 Å². The number of carbonyl (C=O) groups is 2. The van der Waals surface area contributed by atoms with Gasteiger partial charge in [0.25, 0.3) is 5.91 Å². The van der Waals surface area contributed by atoms with Gasteiger partial charge in [-0.15, -0.1) is 0 Å². The fraction of sp³-hybridized carbons (Fsp3) is 0.364. The van der Waals surface area contributed by atoms with Crippen LogP contribution in [0.3, 0.4) is 0 Å². The lowest BCUT2D eigenvalue weighted by Gasteiger charge is -2.33. The van der Waals surface area contributed by atoms with E-state index in [1.807, 2.05) is 24.3 Å². The van der Waals surface area contributed by atoms with E-state index in [0.717, 1.165) is 37.4 Å². The molecule has 0 aromatic heterocycles. The average Bonchev–Trinajstić information content (AvgIpc) is 2.74. The molecule has 0 aliphatic carbocycles. The SMILES string of the molecule is COc1ccc(NC(=O)C[NH+]2CCN(c3ccc(C(C)=O)cc3)CC2)c(OC)c1. The first-order valence-corrected chi connectivity index (χ1v) is 9.71. The van der Waals surface area contributed by atoms with Crippen LogP contribution in [0.25, 0.3) is 0 Å². The van der Waals surface area contributed by atoms with Crippen molar-refractivity contribution in [1.82, 2.24) is 0 Å². The summed E-state index contributed by atoms with van der Waals surface area (Å²) >= 11 is 0. The molecule has 1 heterocycles. The van der Waals surface area contributed by atoms with Gasteiger partial charge < -0.3 is 24.6 Å². The first-order chi connectivity index (χ1) is 14.0. The Balaban J connectivity index is 1.51. The van der Waals surface area contributed by atoms with Crippen LogP contribution in [0.5, 0.6) is 11.5 Å². The molecule has 2 N–H and O–H groups in total. The molecule has 1 aliphatic heterocycles. The number of Topliss-reactive ketones (excluding diaryl/α,β-unsaturated/α-hetero) is 1. The van der Waals surface area contributed by atoms with Gasteiger partial charge in [-0.1, -0.05) is 0 Å². The van der Waals surface area contributed by atoms with Crippen LogP contribution >= 0.6 is 0 Å². The molecule has 1 aliphatic rings. The maximum Gasteiger partial charge on any atom is 0.279 e. The number of nitrogens with zero attached hydrogens (tertiary/aromatic N) is 1. The number of ketones is 1. The normalized spacial score (nSPS) is 14.4. The van der Waals surface area contributed by atoms with Crippen molar-refractivity contribution < 1.29 is 24.0 Å². The Morgan fingerprint density at radius 2 is 1.72 bits per heavy atom. The van der Waals surface area contributed by atoms with Crippen molar-refractivity contribution in [2.75, 3.05) is 57.2 Å². The molecule has 3 rings (SSSR count). The highest BCUT2D eigenvalue weighted by Crippen LogP contribution is 2.28. The van der Waals surface area contributed by atoms with Gasteiger partial charge in [-0.2, -0.15) is 0 Å². The molecule has 29 heavy (non-hydrogen) atoms. The Hall–Kier alpha value is -3.06. The summed E-state index contributed by atoms with van der Waals surface area (Å²) in [5, 5.41) is 2.93. The molecule has 0 spiro atoms. The van der Waals surface area contributed by atoms with Gasteiger partial charge in [0.05, 0.1) is 46.1 Å². The smallest absolute Gasteiger partial charge is 0.279 e. The number of rotatable bonds is 7. The minimum atomic E-state index is -0.0391. The molecule has 0 unspecified atom stereocenters. The zero-order chi connectivity index (χ0) is 20.8. The first kappa shape index (κ1) is 20.7. The van der Waals surface area contributed by atoms with E-state index in [0.29, 0.717) is 23.7 Å². The second-order valence-corrected chi connectivity index (χ2v) is 7.13. The van der Waals surface area contributed by atoms with E-state index in [2.05, 4.69) is 10.2 Å². The third-order valence-corrected chi connectivity index (χ3v) is 5.20. The summed E-state index contributed by atoms with van der Waals surface area (Å²) < 4.78 is 10.5. The minimum Gasteiger partial charge on any atom is -0.497 e. The number of hydrogen-bond donors (Lipinski definition) is 2. The van der Waals surface area contributed by atoms with Crippen molar-refractivity contribution in [3.05, 3.63) is 48.0 Å². The third-order valence-electron chi connectivity index (χ3n) is 5.20. The van der Waals surface area contributed by atoms with Crippen LogP contribution in [-0.2, 0) is 4.79 Å². The van der Waals surface area contributed by atoms with Crippen molar-refractivity contribution in [1.29, 1.82) is 0 Å². The second kappa shape index (κ2) is 9.43. The molecule has 154 valence electrons. The zero-order valence-corrected chi connectivity index (χ0v) is 17.2. The van der Waals surface area contributed by atoms with Crippen LogP contribution < -0.4 is 24.6 Å². The van der Waals surface area contributed by atoms with Gasteiger partial charge in [-0.3, -0.25) is 9.59 Å². The fourth-order valence-electron chi connectivity index (χ4n) is 3.49. The Kier molecular flexibility index (Phi) is 6.72. The first-order valence-electron chi connectivity index (χ1n) is 9.71. The molecule has 0 saturated carbocycles. The number of quaternary nitrogens is 1. The summed E-state index contributed by atoms with van der Waals surface area (Å²) in [5.41, 5.74) is 2.48. The Labute approximate surface area is 171 Å². The van der Waals surface area contributed by atoms with Crippen molar-refractivity contribution in [2.24, 2.45) is 0 Å². The molecule has 7 heteroatoms. The number of ether oxygens (including phenoxy) is 2. The molecule has 0 bridgehead atoms. The lowest BCUT2D eigenvalue weighted by Crippen LogP contribution is -3.15. The molecule has 1 saturated heterocycles. The second-order valence-electron chi connectivity index (χ2n) is 7.13. The standard InChI is InChI=1S/C22H27N3O4/c1-16(26)17-4-6-18(7-5-17)25-12-10-24(11-13-25)15-22(27)23-20-9-8-19(28-2)14-21(20)29-3/h4-9,14H,10-13,15H2,1-3H3,(H,23,27)/p+1. The summed E-state index contributed by atoms with van der Waals surface area (Å²) in [7, 11) is 3.16. The van der Waals surface area contributed by atoms with Crippen molar-refractivity contribution in [3.63, 3.8) is 0 Å². The number of nitrogens with one attached hydrogen (secondary N) is 2. The summed E-state index contributed by atoms with van der Waals surface area (Å²) in [4.78, 5) is 27.4. The fourth-order valence-corrected chi connectivity index (χ4v) is 3.49. The number of piperazine rings is 1. The lowest BCUT2D eigenvalue weighted by atomic mass is 10.1. The van der Waals surface area contributed by atoms with E-state index < -0.39 is 0 Å². The Morgan fingerprint density at radius 1 is 1.03 bits per heavy atom. The van der Waals surface area contributed by atoms with E-state index >= 15 is 0 Å². The third kappa shape index (κ3) is 5.26. The maximum atomic E-state index is 12.5. The van der Waals surface area contributed by atoms with Crippen molar-refractivity contribution in [3.8, 4) is 11.5 Å². The molecule has 1 amide bonds. The summed E-state index contributed by atoms with van der Waals surface area (Å²) in [6, 6.07) is 13.0.